The van der Waals surface area contributed by atoms with Crippen molar-refractivity contribution in [2.45, 2.75) is 11.9 Å². The van der Waals surface area contributed by atoms with Crippen LogP contribution in [0.1, 0.15) is 17.3 Å². The zero-order chi connectivity index (χ0) is 19.9. The molecule has 0 aliphatic carbocycles. The van der Waals surface area contributed by atoms with Gasteiger partial charge >= 0.3 is 34.8 Å². The number of aromatic nitrogens is 1. The molecule has 0 fully saturated rings. The van der Waals surface area contributed by atoms with Crippen LogP contribution in [0.2, 0.25) is 5.02 Å². The van der Waals surface area contributed by atoms with Crippen LogP contribution < -0.4 is 9.33 Å². The zero-order valence-electron chi connectivity index (χ0n) is 13.6. The van der Waals surface area contributed by atoms with Gasteiger partial charge in [0.15, 0.2) is 0 Å². The van der Waals surface area contributed by atoms with Crippen molar-refractivity contribution in [3.8, 4) is 10.6 Å². The van der Waals surface area contributed by atoms with Crippen molar-refractivity contribution in [1.29, 1.82) is 5.41 Å². The van der Waals surface area contributed by atoms with E-state index in [9.17, 15) is 4.79 Å². The van der Waals surface area contributed by atoms with Crippen LogP contribution in [0.4, 0.5) is 0 Å². The predicted octanol–water partition coefficient (Wildman–Crippen LogP) is 0.982. The third-order valence-corrected chi connectivity index (χ3v) is 4.47. The van der Waals surface area contributed by atoms with E-state index >= 15 is 0 Å². The summed E-state index contributed by atoms with van der Waals surface area (Å²) in [6.07, 6.45) is 1.82. The number of halogens is 2. The second-order valence-corrected chi connectivity index (χ2v) is 7.49. The van der Waals surface area contributed by atoms with Crippen molar-refractivity contribution in [1.82, 2.24) is 4.98 Å². The molecule has 0 saturated heterocycles. The molecule has 0 aliphatic heterocycles. The van der Waals surface area contributed by atoms with Crippen LogP contribution in [-0.2, 0) is 4.74 Å². The van der Waals surface area contributed by atoms with Gasteiger partial charge in [0, 0.05) is 10.6 Å². The molecule has 1 heterocycles. The number of rotatable bonds is 4. The molecule has 0 amide bonds. The second kappa shape index (κ2) is 10.2. The van der Waals surface area contributed by atoms with E-state index in [1.807, 2.05) is 18.4 Å². The van der Waals surface area contributed by atoms with Gasteiger partial charge in [0.05, 0.1) is 6.61 Å². The van der Waals surface area contributed by atoms with E-state index < -0.39 is 16.2 Å². The minimum absolute atomic E-state index is 0.151. The van der Waals surface area contributed by atoms with Crippen LogP contribution in [0, 0.1) is 15.7 Å². The summed E-state index contributed by atoms with van der Waals surface area (Å²) in [5.74, 6) is -0.502. The van der Waals surface area contributed by atoms with E-state index in [1.165, 1.54) is 11.8 Å². The number of carbonyl (C=O) groups is 1. The van der Waals surface area contributed by atoms with Crippen LogP contribution >= 0.6 is 34.7 Å². The summed E-state index contributed by atoms with van der Waals surface area (Å²) in [5.41, 5.74) is 1.09. The van der Waals surface area contributed by atoms with Gasteiger partial charge < -0.3 is 4.74 Å². The van der Waals surface area contributed by atoms with Crippen molar-refractivity contribution >= 4 is 40.7 Å². The van der Waals surface area contributed by atoms with Gasteiger partial charge in [-0.05, 0) is 25.3 Å². The Bertz CT molecular complexity index is 803. The zero-order valence-corrected chi connectivity index (χ0v) is 16.7. The average molecular weight is 443 g/mol. The first kappa shape index (κ1) is 22.8. The summed E-state index contributed by atoms with van der Waals surface area (Å²) >= 11 is 8.34. The van der Waals surface area contributed by atoms with Crippen molar-refractivity contribution in [2.75, 3.05) is 12.9 Å². The second-order valence-electron chi connectivity index (χ2n) is 4.39. The van der Waals surface area contributed by atoms with Crippen molar-refractivity contribution in [2.24, 2.45) is 0 Å². The van der Waals surface area contributed by atoms with E-state index in [1.54, 1.807) is 19.1 Å². The van der Waals surface area contributed by atoms with Gasteiger partial charge in [-0.2, -0.15) is 0 Å². The van der Waals surface area contributed by atoms with Crippen LogP contribution in [0.5, 0.6) is 0 Å². The summed E-state index contributed by atoms with van der Waals surface area (Å²) in [5, 5.41) is 9.91. The molecule has 0 unspecified atom stereocenters. The fourth-order valence-corrected chi connectivity index (χ4v) is 3.35. The number of esters is 1. The third-order valence-electron chi connectivity index (χ3n) is 2.61. The number of hydrogen-bond acceptors (Lipinski definition) is 10. The van der Waals surface area contributed by atoms with E-state index in [0.29, 0.717) is 15.1 Å². The summed E-state index contributed by atoms with van der Waals surface area (Å²) < 4.78 is 35.4. The van der Waals surface area contributed by atoms with Gasteiger partial charge in [0.2, 0.25) is 0 Å². The molecule has 4 N–H and O–H groups in total. The monoisotopic (exact) mass is 442 g/mol. The normalized spacial score (nSPS) is 11.3. The Morgan fingerprint density at radius 1 is 1.38 bits per heavy atom. The Balaban J connectivity index is 0.000000597. The first-order chi connectivity index (χ1) is 12.1. The average Bonchev–Trinajstić information content (AvgIpc) is 2.53. The Morgan fingerprint density at radius 3 is 2.38 bits per heavy atom. The molecule has 1 aromatic heterocycles. The first-order valence-electron chi connectivity index (χ1n) is 6.79. The Kier molecular flexibility index (Phi) is 8.93. The summed E-state index contributed by atoms with van der Waals surface area (Å²) in [6, 6.07) is 7.23. The number of hydrogen-bond donors (Lipinski definition) is 4. The fourth-order valence-electron chi connectivity index (χ4n) is 1.66. The topological polar surface area (TPSA) is 147 Å². The van der Waals surface area contributed by atoms with E-state index in [2.05, 4.69) is 4.98 Å². The van der Waals surface area contributed by atoms with Crippen molar-refractivity contribution in [3.05, 3.63) is 39.5 Å². The molecule has 0 bridgehead atoms. The molecular weight excluding hydrogens is 427 g/mol. The maximum absolute atomic E-state index is 11.9. The van der Waals surface area contributed by atoms with Crippen LogP contribution in [-0.4, -0.2) is 37.8 Å². The van der Waals surface area contributed by atoms with E-state index in [-0.39, 0.29) is 16.8 Å². The molecule has 0 radical (unpaired) electrons. The summed E-state index contributed by atoms with van der Waals surface area (Å²) in [6.45, 7) is 2.01. The molecule has 0 aliphatic rings. The van der Waals surface area contributed by atoms with Gasteiger partial charge in [-0.1, -0.05) is 35.1 Å². The molecule has 0 atom stereocenters. The van der Waals surface area contributed by atoms with E-state index in [4.69, 9.17) is 40.4 Å². The van der Waals surface area contributed by atoms with Gasteiger partial charge in [-0.25, -0.2) is 9.78 Å². The number of ether oxygens (including phenoxy) is 1. The Morgan fingerprint density at radius 2 is 1.92 bits per heavy atom. The summed E-state index contributed by atoms with van der Waals surface area (Å²) in [7, 11) is -4.19. The van der Waals surface area contributed by atoms with Crippen molar-refractivity contribution in [3.63, 3.8) is 0 Å². The maximum atomic E-state index is 11.9. The van der Waals surface area contributed by atoms with Crippen LogP contribution in [0.25, 0.3) is 10.6 Å². The van der Waals surface area contributed by atoms with Gasteiger partial charge in [0.25, 0.3) is 0 Å². The minimum atomic E-state index is -4.19. The summed E-state index contributed by atoms with van der Waals surface area (Å²) in [4.78, 5) is 16.4. The van der Waals surface area contributed by atoms with Gasteiger partial charge in [0.1, 0.15) is 20.3 Å². The first-order valence-corrected chi connectivity index (χ1v) is 10.5. The number of thioether (sulfide) groups is 1. The fraction of sp³-hybridized carbons (Fsp3) is 0.214. The Hall–Kier alpha value is -1.24. The van der Waals surface area contributed by atoms with Gasteiger partial charge in [-0.15, -0.1) is 11.8 Å². The molecule has 26 heavy (non-hydrogen) atoms. The standard InChI is InChI=1S/C14H13ClN2O2S2.ClH3O4/c1-3-19-14(18)10-11(16)21-12(17-13(10)20-2)8-4-6-9(15)7-5-8;2-1(3,4)5/h4-7,16H,3H2,1-2H3;2-4H. The molecule has 0 saturated carbocycles. The molecule has 1 aromatic carbocycles. The molecule has 2 aromatic rings. The molecular formula is C14H16Cl2N2O6S2. The van der Waals surface area contributed by atoms with Crippen LogP contribution in [0.3, 0.4) is 0 Å². The number of nitrogens with one attached hydrogen (secondary N) is 1. The molecule has 144 valence electrons. The SMILES string of the molecule is CCOC(=O)c1c(SC)nc(-c2ccc(Cl)cc2)sc1=N.[O-][Cl+](O)(O)O. The molecule has 12 heteroatoms. The van der Waals surface area contributed by atoms with Crippen molar-refractivity contribution < 1.29 is 38.4 Å². The molecule has 8 nitrogen and oxygen atoms in total. The quantitative estimate of drug-likeness (QED) is 0.404. The molecule has 0 spiro atoms. The number of nitrogens with zero attached hydrogens (tertiary/aromatic N) is 1. The predicted molar refractivity (Wildman–Crippen MR) is 92.8 cm³/mol. The Labute approximate surface area is 164 Å². The molecule has 2 rings (SSSR count). The number of carbonyl (C=O) groups excluding carboxylic acids is 1. The van der Waals surface area contributed by atoms with Crippen LogP contribution in [0.15, 0.2) is 29.3 Å². The number of benzene rings is 1. The van der Waals surface area contributed by atoms with Gasteiger partial charge in [-0.3, -0.25) is 5.41 Å². The third kappa shape index (κ3) is 7.56. The van der Waals surface area contributed by atoms with E-state index in [0.717, 1.165) is 16.9 Å².